The minimum absolute atomic E-state index is 0.0757. The zero-order valence-electron chi connectivity index (χ0n) is 12.8. The molecule has 1 aliphatic carbocycles. The Kier molecular flexibility index (Phi) is 3.34. The maximum absolute atomic E-state index is 12.4. The second kappa shape index (κ2) is 5.27. The van der Waals surface area contributed by atoms with Crippen LogP contribution in [0.25, 0.3) is 0 Å². The summed E-state index contributed by atoms with van der Waals surface area (Å²) in [5.41, 5.74) is 1.06. The molecular weight excluding hydrogens is 316 g/mol. The molecule has 0 aromatic carbocycles. The Hall–Kier alpha value is -2.00. The van der Waals surface area contributed by atoms with Gasteiger partial charge >= 0.3 is 0 Å². The zero-order valence-corrected chi connectivity index (χ0v) is 13.6. The van der Waals surface area contributed by atoms with E-state index in [0.29, 0.717) is 19.0 Å². The number of anilines is 1. The van der Waals surface area contributed by atoms with Gasteiger partial charge in [-0.3, -0.25) is 0 Å². The van der Waals surface area contributed by atoms with Crippen LogP contribution in [0, 0.1) is 0 Å². The lowest BCUT2D eigenvalue weighted by molar-refractivity contribution is 0.308. The van der Waals surface area contributed by atoms with Crippen molar-refractivity contribution in [3.05, 3.63) is 30.4 Å². The number of rotatable bonds is 5. The summed E-state index contributed by atoms with van der Waals surface area (Å²) < 4.78 is 26.2. The number of aromatic amines is 1. The van der Waals surface area contributed by atoms with Crippen LogP contribution in [0.4, 0.5) is 5.82 Å². The monoisotopic (exact) mass is 334 g/mol. The predicted molar refractivity (Wildman–Crippen MR) is 83.5 cm³/mol. The summed E-state index contributed by atoms with van der Waals surface area (Å²) in [4.78, 5) is 8.46. The molecule has 2 aromatic heterocycles. The van der Waals surface area contributed by atoms with Gasteiger partial charge in [-0.25, -0.2) is 13.4 Å². The van der Waals surface area contributed by atoms with Crippen molar-refractivity contribution in [2.24, 2.45) is 0 Å². The van der Waals surface area contributed by atoms with Crippen molar-refractivity contribution in [3.63, 3.8) is 0 Å². The van der Waals surface area contributed by atoms with Crippen molar-refractivity contribution < 1.29 is 8.42 Å². The highest BCUT2D eigenvalue weighted by Crippen LogP contribution is 2.38. The van der Waals surface area contributed by atoms with Crippen molar-refractivity contribution in [2.45, 2.75) is 29.8 Å². The molecule has 0 radical (unpaired) electrons. The Morgan fingerprint density at radius 3 is 2.61 bits per heavy atom. The van der Waals surface area contributed by atoms with Gasteiger partial charge in [-0.2, -0.15) is 9.40 Å². The molecule has 122 valence electrons. The lowest BCUT2D eigenvalue weighted by Gasteiger charge is -2.43. The van der Waals surface area contributed by atoms with Crippen molar-refractivity contribution >= 4 is 15.8 Å². The topological polar surface area (TPSA) is 95.1 Å². The number of likely N-dealkylation sites (N-methyl/N-ethyl adjacent to an activating group) is 1. The van der Waals surface area contributed by atoms with Gasteiger partial charge in [0.25, 0.3) is 10.0 Å². The van der Waals surface area contributed by atoms with Crippen molar-refractivity contribution in [1.82, 2.24) is 24.5 Å². The summed E-state index contributed by atoms with van der Waals surface area (Å²) in [6.07, 6.45) is 5.10. The maximum Gasteiger partial charge on any atom is 0.260 e. The Labute approximate surface area is 134 Å². The molecule has 23 heavy (non-hydrogen) atoms. The smallest absolute Gasteiger partial charge is 0.260 e. The lowest BCUT2D eigenvalue weighted by Crippen LogP contribution is -2.60. The Morgan fingerprint density at radius 2 is 2.04 bits per heavy atom. The van der Waals surface area contributed by atoms with E-state index in [4.69, 9.17) is 0 Å². The number of sulfonamides is 1. The number of nitrogens with one attached hydrogen (secondary N) is 1. The third-order valence-electron chi connectivity index (χ3n) is 4.50. The summed E-state index contributed by atoms with van der Waals surface area (Å²) in [7, 11) is -1.92. The van der Waals surface area contributed by atoms with Crippen molar-refractivity contribution in [1.29, 1.82) is 0 Å². The highest BCUT2D eigenvalue weighted by atomic mass is 32.2. The number of H-pyrrole nitrogens is 1. The molecule has 1 saturated carbocycles. The van der Waals surface area contributed by atoms with E-state index < -0.39 is 10.0 Å². The third kappa shape index (κ3) is 2.59. The van der Waals surface area contributed by atoms with E-state index in [1.165, 1.54) is 29.7 Å². The fraction of sp³-hybridized carbons (Fsp3) is 0.500. The number of aromatic nitrogens is 4. The van der Waals surface area contributed by atoms with E-state index in [0.717, 1.165) is 11.5 Å². The zero-order chi connectivity index (χ0) is 16.0. The molecule has 0 spiro atoms. The van der Waals surface area contributed by atoms with Crippen LogP contribution in [-0.2, 0) is 10.0 Å². The first-order valence-electron chi connectivity index (χ1n) is 7.60. The largest absolute Gasteiger partial charge is 0.352 e. The molecule has 0 amide bonds. The van der Waals surface area contributed by atoms with E-state index in [1.54, 1.807) is 7.05 Å². The molecule has 1 N–H and O–H groups in total. The summed E-state index contributed by atoms with van der Waals surface area (Å²) in [6.45, 7) is 1.22. The molecule has 1 aliphatic heterocycles. The minimum Gasteiger partial charge on any atom is -0.352 e. The van der Waals surface area contributed by atoms with E-state index in [-0.39, 0.29) is 11.1 Å². The number of imidazole rings is 1. The van der Waals surface area contributed by atoms with E-state index in [1.807, 2.05) is 17.0 Å². The first kappa shape index (κ1) is 14.6. The van der Waals surface area contributed by atoms with E-state index >= 15 is 0 Å². The normalized spacial score (nSPS) is 19.1. The minimum atomic E-state index is -3.52. The van der Waals surface area contributed by atoms with Crippen LogP contribution in [0.1, 0.15) is 24.5 Å². The van der Waals surface area contributed by atoms with E-state index in [2.05, 4.69) is 20.2 Å². The third-order valence-corrected chi connectivity index (χ3v) is 6.33. The predicted octanol–water partition coefficient (Wildman–Crippen LogP) is 0.586. The van der Waals surface area contributed by atoms with Gasteiger partial charge in [0.2, 0.25) is 0 Å². The van der Waals surface area contributed by atoms with Gasteiger partial charge in [0.05, 0.1) is 24.3 Å². The molecule has 9 heteroatoms. The molecule has 2 aliphatic rings. The Balaban J connectivity index is 1.40. The molecule has 0 bridgehead atoms. The van der Waals surface area contributed by atoms with Gasteiger partial charge < -0.3 is 9.88 Å². The number of hydrogen-bond donors (Lipinski definition) is 1. The maximum atomic E-state index is 12.4. The highest BCUT2D eigenvalue weighted by Gasteiger charge is 2.38. The quantitative estimate of drug-likeness (QED) is 0.860. The Morgan fingerprint density at radius 1 is 1.26 bits per heavy atom. The average Bonchev–Trinajstić information content (AvgIpc) is 3.19. The summed E-state index contributed by atoms with van der Waals surface area (Å²) >= 11 is 0. The molecule has 2 aromatic rings. The molecular formula is C14H18N6O2S. The summed E-state index contributed by atoms with van der Waals surface area (Å²) in [6, 6.07) is 3.92. The van der Waals surface area contributed by atoms with Crippen LogP contribution in [0.15, 0.2) is 29.7 Å². The fourth-order valence-corrected chi connectivity index (χ4v) is 3.94. The van der Waals surface area contributed by atoms with E-state index in [9.17, 15) is 8.42 Å². The van der Waals surface area contributed by atoms with Crippen LogP contribution < -0.4 is 4.90 Å². The first-order valence-corrected chi connectivity index (χ1v) is 9.04. The standard InChI is InChI=1S/C14H18N6O2S/c1-19(23(21,22)14-6-15-9-16-14)11-7-20(8-11)13-5-4-12(17-18-13)10-2-3-10/h4-6,9-11H,2-3,7-8H2,1H3,(H,15,16). The van der Waals surface area contributed by atoms with Crippen LogP contribution >= 0.6 is 0 Å². The molecule has 1 saturated heterocycles. The number of nitrogens with zero attached hydrogens (tertiary/aromatic N) is 5. The second-order valence-corrected chi connectivity index (χ2v) is 8.05. The van der Waals surface area contributed by atoms with Crippen LogP contribution in [-0.4, -0.2) is 59.1 Å². The van der Waals surface area contributed by atoms with Crippen LogP contribution in [0.3, 0.4) is 0 Å². The van der Waals surface area contributed by atoms with Crippen LogP contribution in [0.2, 0.25) is 0 Å². The SMILES string of the molecule is CN(C1CN(c2ccc(C3CC3)nn2)C1)S(=O)(=O)c1cnc[nH]1. The van der Waals surface area contributed by atoms with Gasteiger partial charge in [-0.05, 0) is 25.0 Å². The van der Waals surface area contributed by atoms with Crippen LogP contribution in [0.5, 0.6) is 0 Å². The van der Waals surface area contributed by atoms with Gasteiger partial charge in [0, 0.05) is 26.1 Å². The van der Waals surface area contributed by atoms with Gasteiger partial charge in [-0.1, -0.05) is 0 Å². The molecule has 0 atom stereocenters. The highest BCUT2D eigenvalue weighted by molar-refractivity contribution is 7.89. The first-order chi connectivity index (χ1) is 11.1. The fourth-order valence-electron chi connectivity index (χ4n) is 2.71. The molecule has 3 heterocycles. The second-order valence-electron chi connectivity index (χ2n) is 6.09. The molecule has 2 fully saturated rings. The summed E-state index contributed by atoms with van der Waals surface area (Å²) in [5, 5.41) is 8.64. The Bertz CT molecular complexity index is 779. The van der Waals surface area contributed by atoms with Crippen molar-refractivity contribution in [3.8, 4) is 0 Å². The average molecular weight is 334 g/mol. The van der Waals surface area contributed by atoms with Crippen molar-refractivity contribution in [2.75, 3.05) is 25.0 Å². The number of hydrogen-bond acceptors (Lipinski definition) is 6. The van der Waals surface area contributed by atoms with Gasteiger partial charge in [0.1, 0.15) is 0 Å². The molecule has 4 rings (SSSR count). The molecule has 8 nitrogen and oxygen atoms in total. The van der Waals surface area contributed by atoms with Gasteiger partial charge in [0.15, 0.2) is 10.8 Å². The van der Waals surface area contributed by atoms with Gasteiger partial charge in [-0.15, -0.1) is 5.10 Å². The summed E-state index contributed by atoms with van der Waals surface area (Å²) in [5.74, 6) is 1.39. The molecule has 0 unspecified atom stereocenters. The lowest BCUT2D eigenvalue weighted by atomic mass is 10.1.